The van der Waals surface area contributed by atoms with Crippen molar-refractivity contribution in [3.63, 3.8) is 0 Å². The van der Waals surface area contributed by atoms with E-state index in [0.29, 0.717) is 11.6 Å². The average molecular weight is 638 g/mol. The Bertz CT molecular complexity index is 2370. The Morgan fingerprint density at radius 2 is 0.640 bits per heavy atom. The molecule has 50 heavy (non-hydrogen) atoms. The Labute approximate surface area is 291 Å². The molecule has 0 spiro atoms. The van der Waals surface area contributed by atoms with Crippen LogP contribution in [0.5, 0.6) is 0 Å². The van der Waals surface area contributed by atoms with Gasteiger partial charge in [0, 0.05) is 11.1 Å². The van der Waals surface area contributed by atoms with Gasteiger partial charge in [0.25, 0.3) is 0 Å². The summed E-state index contributed by atoms with van der Waals surface area (Å²) in [4.78, 5) is 16.0. The van der Waals surface area contributed by atoms with E-state index in [1.165, 1.54) is 50.1 Å². The first-order valence-electron chi connectivity index (χ1n) is 17.1. The molecule has 0 amide bonds. The Kier molecular flexibility index (Phi) is 6.31. The molecule has 8 aromatic rings. The van der Waals surface area contributed by atoms with Crippen LogP contribution in [0.3, 0.4) is 0 Å². The zero-order chi connectivity index (χ0) is 33.1. The van der Waals surface area contributed by atoms with E-state index >= 15 is 0 Å². The van der Waals surface area contributed by atoms with E-state index in [4.69, 9.17) is 15.0 Å². The fraction of sp³-hybridized carbons (Fsp3) is 0.0426. The predicted octanol–water partition coefficient (Wildman–Crippen LogP) is 10.3. The lowest BCUT2D eigenvalue weighted by Gasteiger charge is -2.56. The summed E-state index contributed by atoms with van der Waals surface area (Å²) < 4.78 is 0. The van der Waals surface area contributed by atoms with Crippen LogP contribution in [0.15, 0.2) is 188 Å². The Hall–Kier alpha value is -6.45. The lowest BCUT2D eigenvalue weighted by atomic mass is 9.45. The highest BCUT2D eigenvalue weighted by atomic mass is 15.1. The lowest BCUT2D eigenvalue weighted by molar-refractivity contribution is 0.535. The smallest absolute Gasteiger partial charge is 0.163 e. The van der Waals surface area contributed by atoms with E-state index in [0.717, 1.165) is 17.0 Å². The molecule has 234 valence electrons. The summed E-state index contributed by atoms with van der Waals surface area (Å²) in [5.74, 6) is 2.05. The zero-order valence-electron chi connectivity index (χ0n) is 27.2. The van der Waals surface area contributed by atoms with Crippen molar-refractivity contribution in [3.8, 4) is 33.9 Å². The number of hydrogen-bond donors (Lipinski definition) is 0. The number of aromatic nitrogens is 3. The van der Waals surface area contributed by atoms with E-state index in [2.05, 4.69) is 152 Å². The van der Waals surface area contributed by atoms with E-state index in [-0.39, 0.29) is 0 Å². The standard InChI is InChI=1S/C47H31N3/c1-4-17-32(18-5-1)35-23-16-24-36(31-35)46-37-25-10-13-28-40(37)47(41-29-14-11-26-38(41)46,42-30-15-12-27-39(42)46)45-49-43(33-19-6-2-7-20-33)48-44(50-45)34-21-8-3-9-22-34/h1-31H. The van der Waals surface area contributed by atoms with Crippen molar-refractivity contribution >= 4 is 0 Å². The number of nitrogens with zero attached hydrogens (tertiary/aromatic N) is 3. The van der Waals surface area contributed by atoms with Gasteiger partial charge >= 0.3 is 0 Å². The molecule has 3 aliphatic rings. The van der Waals surface area contributed by atoms with Gasteiger partial charge in [-0.3, -0.25) is 0 Å². The highest BCUT2D eigenvalue weighted by Crippen LogP contribution is 2.65. The maximum absolute atomic E-state index is 5.44. The minimum atomic E-state index is -0.779. The molecule has 0 aliphatic heterocycles. The van der Waals surface area contributed by atoms with Gasteiger partial charge in [-0.05, 0) is 56.1 Å². The van der Waals surface area contributed by atoms with Crippen molar-refractivity contribution in [2.45, 2.75) is 10.8 Å². The van der Waals surface area contributed by atoms with Crippen LogP contribution in [-0.4, -0.2) is 15.0 Å². The molecule has 3 aliphatic carbocycles. The van der Waals surface area contributed by atoms with E-state index < -0.39 is 10.8 Å². The summed E-state index contributed by atoms with van der Waals surface area (Å²) in [5, 5.41) is 0. The minimum absolute atomic E-state index is 0.548. The van der Waals surface area contributed by atoms with E-state index in [1.807, 2.05) is 36.4 Å². The molecule has 0 saturated carbocycles. The third-order valence-corrected chi connectivity index (χ3v) is 10.6. The fourth-order valence-electron chi connectivity index (χ4n) is 8.65. The van der Waals surface area contributed by atoms with Crippen LogP contribution >= 0.6 is 0 Å². The van der Waals surface area contributed by atoms with Crippen LogP contribution in [0.2, 0.25) is 0 Å². The molecule has 0 N–H and O–H groups in total. The first-order valence-corrected chi connectivity index (χ1v) is 17.1. The number of benzene rings is 7. The monoisotopic (exact) mass is 637 g/mol. The van der Waals surface area contributed by atoms with Crippen LogP contribution in [0, 0.1) is 0 Å². The summed E-state index contributed by atoms with van der Waals surface area (Å²) in [6, 6.07) is 67.2. The zero-order valence-corrected chi connectivity index (χ0v) is 27.2. The van der Waals surface area contributed by atoms with E-state index in [9.17, 15) is 0 Å². The molecule has 3 heteroatoms. The second-order valence-corrected chi connectivity index (χ2v) is 13.1. The van der Waals surface area contributed by atoms with Gasteiger partial charge in [-0.2, -0.15) is 0 Å². The fourth-order valence-corrected chi connectivity index (χ4v) is 8.65. The highest BCUT2D eigenvalue weighted by Gasteiger charge is 2.61. The normalized spacial score (nSPS) is 18.2. The second kappa shape index (κ2) is 11.0. The summed E-state index contributed by atoms with van der Waals surface area (Å²) >= 11 is 0. The van der Waals surface area contributed by atoms with Crippen molar-refractivity contribution < 1.29 is 0 Å². The van der Waals surface area contributed by atoms with Crippen molar-refractivity contribution in [1.82, 2.24) is 15.0 Å². The largest absolute Gasteiger partial charge is 0.211 e. The van der Waals surface area contributed by atoms with Crippen molar-refractivity contribution in [2.75, 3.05) is 0 Å². The minimum Gasteiger partial charge on any atom is -0.211 e. The van der Waals surface area contributed by atoms with Crippen molar-refractivity contribution in [3.05, 3.63) is 233 Å². The van der Waals surface area contributed by atoms with Crippen LogP contribution in [0.1, 0.15) is 44.8 Å². The van der Waals surface area contributed by atoms with Gasteiger partial charge in [0.2, 0.25) is 0 Å². The quantitative estimate of drug-likeness (QED) is 0.189. The summed E-state index contributed by atoms with van der Waals surface area (Å²) in [6.07, 6.45) is 0. The predicted molar refractivity (Wildman–Crippen MR) is 200 cm³/mol. The van der Waals surface area contributed by atoms with Crippen LogP contribution in [0.4, 0.5) is 0 Å². The molecule has 0 saturated heterocycles. The van der Waals surface area contributed by atoms with Gasteiger partial charge < -0.3 is 0 Å². The van der Waals surface area contributed by atoms with Gasteiger partial charge in [0.05, 0.1) is 5.41 Å². The molecule has 3 nitrogen and oxygen atoms in total. The molecule has 0 unspecified atom stereocenters. The molecule has 0 atom stereocenters. The SMILES string of the molecule is c1ccc(-c2cccc(C34c5ccccc5C(c5nc(-c6ccccc6)nc(-c6ccccc6)n5)(c5ccccc53)c3ccccc34)c2)cc1. The summed E-state index contributed by atoms with van der Waals surface area (Å²) in [7, 11) is 0. The van der Waals surface area contributed by atoms with Gasteiger partial charge in [-0.1, -0.05) is 182 Å². The van der Waals surface area contributed by atoms with Gasteiger partial charge in [0.15, 0.2) is 17.5 Å². The average Bonchev–Trinajstić information content (AvgIpc) is 3.21. The Morgan fingerprint density at radius 1 is 0.280 bits per heavy atom. The van der Waals surface area contributed by atoms with Crippen molar-refractivity contribution in [1.29, 1.82) is 0 Å². The molecule has 0 radical (unpaired) electrons. The van der Waals surface area contributed by atoms with Gasteiger partial charge in [-0.15, -0.1) is 0 Å². The molecular weight excluding hydrogens is 607 g/mol. The molecule has 1 aromatic heterocycles. The maximum Gasteiger partial charge on any atom is 0.163 e. The van der Waals surface area contributed by atoms with Crippen molar-refractivity contribution in [2.24, 2.45) is 0 Å². The maximum atomic E-state index is 5.44. The number of rotatable bonds is 5. The molecule has 7 aromatic carbocycles. The van der Waals surface area contributed by atoms with Crippen LogP contribution in [0.25, 0.3) is 33.9 Å². The molecule has 0 fully saturated rings. The molecular formula is C47H31N3. The van der Waals surface area contributed by atoms with E-state index in [1.54, 1.807) is 0 Å². The third kappa shape index (κ3) is 3.89. The van der Waals surface area contributed by atoms with Gasteiger partial charge in [-0.25, -0.2) is 15.0 Å². The molecule has 1 heterocycles. The topological polar surface area (TPSA) is 38.7 Å². The van der Waals surface area contributed by atoms with Gasteiger partial charge in [0.1, 0.15) is 5.41 Å². The third-order valence-electron chi connectivity index (χ3n) is 10.6. The first kappa shape index (κ1) is 28.6. The van der Waals surface area contributed by atoms with Crippen LogP contribution in [-0.2, 0) is 10.8 Å². The summed E-state index contributed by atoms with van der Waals surface area (Å²) in [6.45, 7) is 0. The number of hydrogen-bond acceptors (Lipinski definition) is 3. The first-order chi connectivity index (χ1) is 24.8. The Balaban J connectivity index is 1.34. The second-order valence-electron chi connectivity index (χ2n) is 13.1. The molecule has 11 rings (SSSR count). The Morgan fingerprint density at radius 3 is 1.08 bits per heavy atom. The highest BCUT2D eigenvalue weighted by molar-refractivity contribution is 5.82. The summed E-state index contributed by atoms with van der Waals surface area (Å²) in [5.41, 5.74) is 11.6. The van der Waals surface area contributed by atoms with Crippen LogP contribution < -0.4 is 0 Å². The lowest BCUT2D eigenvalue weighted by Crippen LogP contribution is -2.52. The molecule has 2 bridgehead atoms.